The number of dihydropyridines is 1. The molecule has 17 heteroatoms. The van der Waals surface area contributed by atoms with Gasteiger partial charge < -0.3 is 44.9 Å². The molecular weight excluding hydrogens is 1090 g/mol. The van der Waals surface area contributed by atoms with Crippen molar-refractivity contribution in [1.82, 2.24) is 14.8 Å². The van der Waals surface area contributed by atoms with Crippen LogP contribution >= 0.6 is 0 Å². The molecular formula is C69H76FN5O11. The molecule has 6 aromatic carbocycles. The maximum atomic E-state index is 14.0. The fourth-order valence-electron chi connectivity index (χ4n) is 11.3. The summed E-state index contributed by atoms with van der Waals surface area (Å²) < 4.78 is 27.2. The highest BCUT2D eigenvalue weighted by Crippen LogP contribution is 2.44. The molecule has 3 atom stereocenters. The number of rotatable bonds is 24. The number of aliphatic hydroxyl groups excluding tert-OH is 2. The number of ether oxygens (including phenoxy) is 2. The Bertz CT molecular complexity index is 3490. The molecule has 1 unspecified atom stereocenters. The minimum Gasteiger partial charge on any atom is -0.481 e. The summed E-state index contributed by atoms with van der Waals surface area (Å²) in [5, 5.41) is 47.5. The van der Waals surface area contributed by atoms with Crippen LogP contribution in [0.15, 0.2) is 192 Å². The van der Waals surface area contributed by atoms with E-state index in [0.717, 1.165) is 24.2 Å². The van der Waals surface area contributed by atoms with Crippen LogP contribution in [0.5, 0.6) is 0 Å². The SMILES string of the molecule is CC(C)c1c(C(=O)Nc2ccccc2)c(-c2ccccc2)c(-c2ccc(F)cc2)n1CC[C@@H](O)C[C@@H](O)CC(=O)O.COC(=O)C1=C(C)NC(C)=C(C(=O)OC(C)(C)CN(C)CCC(c2ccccc2)c2ccccc2)C1c1cccc([N+](=O)[O-])c1. The zero-order valence-electron chi connectivity index (χ0n) is 49.8. The summed E-state index contributed by atoms with van der Waals surface area (Å²) >= 11 is 0. The lowest BCUT2D eigenvalue weighted by molar-refractivity contribution is -0.384. The number of aromatic nitrogens is 1. The number of hydrogen-bond donors (Lipinski definition) is 5. The number of carboxylic acids is 1. The highest BCUT2D eigenvalue weighted by molar-refractivity contribution is 6.12. The van der Waals surface area contributed by atoms with E-state index in [0.29, 0.717) is 51.6 Å². The Morgan fingerprint density at radius 3 is 1.86 bits per heavy atom. The molecule has 1 aliphatic rings. The number of aliphatic carboxylic acids is 1. The van der Waals surface area contributed by atoms with Gasteiger partial charge in [-0.1, -0.05) is 135 Å². The molecule has 86 heavy (non-hydrogen) atoms. The summed E-state index contributed by atoms with van der Waals surface area (Å²) in [6, 6.07) is 51.6. The maximum Gasteiger partial charge on any atom is 0.337 e. The number of nitrogens with zero attached hydrogens (tertiary/aromatic N) is 3. The van der Waals surface area contributed by atoms with Gasteiger partial charge in [0.15, 0.2) is 0 Å². The molecule has 2 heterocycles. The lowest BCUT2D eigenvalue weighted by Gasteiger charge is -2.34. The van der Waals surface area contributed by atoms with Crippen molar-refractivity contribution >= 4 is 35.2 Å². The number of nitro groups is 1. The van der Waals surface area contributed by atoms with Crippen molar-refractivity contribution in [2.24, 2.45) is 0 Å². The van der Waals surface area contributed by atoms with Gasteiger partial charge in [-0.05, 0) is 131 Å². The van der Waals surface area contributed by atoms with Crippen LogP contribution in [0.25, 0.3) is 22.4 Å². The molecule has 16 nitrogen and oxygen atoms in total. The van der Waals surface area contributed by atoms with Crippen LogP contribution in [0.4, 0.5) is 15.8 Å². The Kier molecular flexibility index (Phi) is 22.3. The molecule has 0 saturated heterocycles. The van der Waals surface area contributed by atoms with Crippen molar-refractivity contribution in [2.45, 2.75) is 109 Å². The van der Waals surface area contributed by atoms with Crippen LogP contribution in [0, 0.1) is 15.9 Å². The fourth-order valence-corrected chi connectivity index (χ4v) is 11.3. The molecule has 8 rings (SSSR count). The van der Waals surface area contributed by atoms with Crippen molar-refractivity contribution in [3.8, 4) is 22.4 Å². The number of allylic oxidation sites excluding steroid dienone is 2. The third-order valence-corrected chi connectivity index (χ3v) is 15.0. The van der Waals surface area contributed by atoms with Gasteiger partial charge in [-0.3, -0.25) is 19.7 Å². The molecule has 1 aromatic heterocycles. The summed E-state index contributed by atoms with van der Waals surface area (Å²) in [4.78, 5) is 65.2. The number of benzene rings is 6. The largest absolute Gasteiger partial charge is 0.481 e. The monoisotopic (exact) mass is 1170 g/mol. The standard InChI is InChI=1S/C36H41N3O6.C33H35FN2O5/c1-24-31(34(40)44-6)33(28-18-13-19-29(22-28)39(42)43)32(25(2)37-24)35(41)45-36(3,4)23-38(5)21-20-30(26-14-9-7-10-15-26)27-16-11-8-12-17-27;1-21(2)31-30(33(41)35-25-11-7-4-8-12-25)29(22-9-5-3-6-10-22)32(23-13-15-24(34)16-14-23)36(31)18-17-26(37)19-27(38)20-28(39)40/h7-19,22,30,33,37H,20-21,23H2,1-6H3;3-16,21,26-27,37-38H,17-20H2,1-2H3,(H,35,41)(H,39,40)/t;26-,27-/m.1/s1. The van der Waals surface area contributed by atoms with Crippen LogP contribution < -0.4 is 10.6 Å². The van der Waals surface area contributed by atoms with Crippen LogP contribution in [0.1, 0.15) is 118 Å². The first-order chi connectivity index (χ1) is 41.1. The third kappa shape index (κ3) is 16.6. The molecule has 0 saturated carbocycles. The summed E-state index contributed by atoms with van der Waals surface area (Å²) in [5.74, 6) is -3.90. The molecule has 0 fully saturated rings. The number of nitrogens with one attached hydrogen (secondary N) is 2. The van der Waals surface area contributed by atoms with E-state index in [1.54, 1.807) is 32.0 Å². The molecule has 0 radical (unpaired) electrons. The third-order valence-electron chi connectivity index (χ3n) is 15.0. The van der Waals surface area contributed by atoms with Crippen molar-refractivity contribution in [1.29, 1.82) is 0 Å². The van der Waals surface area contributed by atoms with Gasteiger partial charge in [0.05, 0.1) is 59.0 Å². The molecule has 0 spiro atoms. The van der Waals surface area contributed by atoms with E-state index >= 15 is 0 Å². The summed E-state index contributed by atoms with van der Waals surface area (Å²) in [5.41, 5.74) is 8.02. The smallest absolute Gasteiger partial charge is 0.337 e. The molecule has 1 aliphatic heterocycles. The van der Waals surface area contributed by atoms with Crippen LogP contribution in [0.3, 0.4) is 0 Å². The zero-order chi connectivity index (χ0) is 62.2. The number of esters is 2. The first kappa shape index (κ1) is 64.5. The Labute approximate surface area is 501 Å². The number of aliphatic hydroxyl groups is 2. The maximum absolute atomic E-state index is 14.0. The average Bonchev–Trinajstić information content (AvgIpc) is 1.57. The second-order valence-corrected chi connectivity index (χ2v) is 22.4. The first-order valence-electron chi connectivity index (χ1n) is 28.6. The van der Waals surface area contributed by atoms with E-state index < -0.39 is 53.0 Å². The van der Waals surface area contributed by atoms with Gasteiger partial charge in [0.2, 0.25) is 0 Å². The highest BCUT2D eigenvalue weighted by Gasteiger charge is 2.40. The molecule has 7 aromatic rings. The van der Waals surface area contributed by atoms with E-state index in [2.05, 4.69) is 64.1 Å². The minimum absolute atomic E-state index is 0.0939. The van der Waals surface area contributed by atoms with E-state index in [9.17, 15) is 43.9 Å². The number of amides is 1. The normalized spacial score (nSPS) is 14.0. The number of methoxy groups -OCH3 is 1. The second-order valence-electron chi connectivity index (χ2n) is 22.4. The van der Waals surface area contributed by atoms with E-state index in [1.165, 1.54) is 48.6 Å². The van der Waals surface area contributed by atoms with Crippen LogP contribution in [-0.2, 0) is 30.4 Å². The number of para-hydroxylation sites is 1. The molecule has 0 bridgehead atoms. The number of nitro benzene ring substituents is 1. The number of anilines is 1. The highest BCUT2D eigenvalue weighted by atomic mass is 19.1. The summed E-state index contributed by atoms with van der Waals surface area (Å²) in [6.07, 6.45) is -1.64. The van der Waals surface area contributed by atoms with Gasteiger partial charge in [-0.2, -0.15) is 0 Å². The summed E-state index contributed by atoms with van der Waals surface area (Å²) in [6.45, 7) is 12.6. The Morgan fingerprint density at radius 2 is 1.31 bits per heavy atom. The van der Waals surface area contributed by atoms with E-state index in [-0.39, 0.29) is 59.8 Å². The lowest BCUT2D eigenvalue weighted by atomic mass is 9.80. The molecule has 5 N–H and O–H groups in total. The number of hydrogen-bond acceptors (Lipinski definition) is 12. The predicted octanol–water partition coefficient (Wildman–Crippen LogP) is 12.8. The Balaban J connectivity index is 0.000000247. The van der Waals surface area contributed by atoms with E-state index in [1.807, 2.05) is 112 Å². The quantitative estimate of drug-likeness (QED) is 0.0216. The van der Waals surface area contributed by atoms with Crippen molar-refractivity contribution in [3.05, 3.63) is 236 Å². The first-order valence-corrected chi connectivity index (χ1v) is 28.6. The fraction of sp³-hybridized carbons (Fsp3) is 0.304. The topological polar surface area (TPSA) is 223 Å². The lowest BCUT2D eigenvalue weighted by Crippen LogP contribution is -2.42. The van der Waals surface area contributed by atoms with E-state index in [4.69, 9.17) is 14.6 Å². The Morgan fingerprint density at radius 1 is 0.756 bits per heavy atom. The average molecular weight is 1170 g/mol. The van der Waals surface area contributed by atoms with Crippen molar-refractivity contribution in [3.63, 3.8) is 0 Å². The number of halogens is 1. The molecule has 1 amide bonds. The van der Waals surface area contributed by atoms with Gasteiger partial charge in [-0.25, -0.2) is 14.0 Å². The number of carbonyl (C=O) groups is 4. The van der Waals surface area contributed by atoms with Crippen LogP contribution in [-0.4, -0.2) is 98.6 Å². The zero-order valence-corrected chi connectivity index (χ0v) is 49.8. The van der Waals surface area contributed by atoms with Gasteiger partial charge in [-0.15, -0.1) is 0 Å². The number of non-ortho nitro benzene ring substituents is 1. The second kappa shape index (κ2) is 29.7. The summed E-state index contributed by atoms with van der Waals surface area (Å²) in [7, 11) is 3.26. The predicted molar refractivity (Wildman–Crippen MR) is 331 cm³/mol. The van der Waals surface area contributed by atoms with Gasteiger partial charge in [0.25, 0.3) is 11.6 Å². The molecule has 450 valence electrons. The number of carbonyl (C=O) groups excluding carboxylic acids is 3. The Hall–Kier alpha value is -9.03. The number of likely N-dealkylation sites (N-methyl/N-ethyl adjacent to an activating group) is 1. The minimum atomic E-state index is -1.18. The van der Waals surface area contributed by atoms with Gasteiger partial charge >= 0.3 is 17.9 Å². The molecule has 0 aliphatic carbocycles. The van der Waals surface area contributed by atoms with Crippen LogP contribution in [0.2, 0.25) is 0 Å². The van der Waals surface area contributed by atoms with Crippen molar-refractivity contribution in [2.75, 3.05) is 32.6 Å². The van der Waals surface area contributed by atoms with Crippen molar-refractivity contribution < 1.29 is 53.3 Å². The van der Waals surface area contributed by atoms with Gasteiger partial charge in [0.1, 0.15) is 11.4 Å². The number of carboxylic acid groups (broad SMARTS) is 1. The van der Waals surface area contributed by atoms with Gasteiger partial charge in [0, 0.05) is 59.5 Å².